The van der Waals surface area contributed by atoms with Crippen LogP contribution in [-0.4, -0.2) is 11.1 Å². The van der Waals surface area contributed by atoms with Crippen LogP contribution in [0.15, 0.2) is 48.5 Å². The Bertz CT molecular complexity index is 564. The van der Waals surface area contributed by atoms with E-state index in [0.717, 1.165) is 18.5 Å². The van der Waals surface area contributed by atoms with Gasteiger partial charge in [0, 0.05) is 11.7 Å². The Hall–Kier alpha value is -1.67. The van der Waals surface area contributed by atoms with Gasteiger partial charge in [-0.3, -0.25) is 0 Å². The zero-order valence-electron chi connectivity index (χ0n) is 10.5. The number of anilines is 1. The predicted molar refractivity (Wildman–Crippen MR) is 78.9 cm³/mol. The predicted octanol–water partition coefficient (Wildman–Crippen LogP) is 4.40. The van der Waals surface area contributed by atoms with Crippen molar-refractivity contribution in [3.8, 4) is 5.75 Å². The zero-order valence-corrected chi connectivity index (χ0v) is 11.3. The molecule has 0 unspecified atom stereocenters. The van der Waals surface area contributed by atoms with Gasteiger partial charge in [0.05, 0.1) is 5.02 Å². The largest absolute Gasteiger partial charge is 0.506 e. The monoisotopic (exact) mass is 273 g/mol. The van der Waals surface area contributed by atoms with Gasteiger partial charge in [-0.25, -0.2) is 0 Å². The summed E-state index contributed by atoms with van der Waals surface area (Å²) in [5.41, 5.74) is 2.39. The van der Waals surface area contributed by atoms with Gasteiger partial charge in [0.1, 0.15) is 5.75 Å². The van der Waals surface area contributed by atoms with Crippen molar-refractivity contribution in [1.82, 2.24) is 0 Å². The fraction of sp³-hybridized carbons (Fsp3) is 0.250. The van der Waals surface area contributed by atoms with E-state index < -0.39 is 0 Å². The van der Waals surface area contributed by atoms with Crippen molar-refractivity contribution in [3.05, 3.63) is 59.1 Å². The third-order valence-electron chi connectivity index (χ3n) is 3.73. The highest BCUT2D eigenvalue weighted by atomic mass is 35.5. The molecule has 0 spiro atoms. The zero-order chi connectivity index (χ0) is 13.2. The molecule has 1 saturated carbocycles. The van der Waals surface area contributed by atoms with Crippen molar-refractivity contribution in [3.63, 3.8) is 0 Å². The maximum Gasteiger partial charge on any atom is 0.134 e. The van der Waals surface area contributed by atoms with Gasteiger partial charge in [0.15, 0.2) is 0 Å². The summed E-state index contributed by atoms with van der Waals surface area (Å²) < 4.78 is 0. The number of nitrogens with one attached hydrogen (secondary N) is 1. The lowest BCUT2D eigenvalue weighted by molar-refractivity contribution is 0.374. The lowest BCUT2D eigenvalue weighted by Crippen LogP contribution is -2.33. The first-order valence-corrected chi connectivity index (χ1v) is 6.90. The van der Waals surface area contributed by atoms with Crippen LogP contribution < -0.4 is 5.32 Å². The number of aromatic hydroxyl groups is 1. The minimum atomic E-state index is 0.128. The van der Waals surface area contributed by atoms with E-state index in [1.807, 2.05) is 6.07 Å². The molecule has 19 heavy (non-hydrogen) atoms. The summed E-state index contributed by atoms with van der Waals surface area (Å²) in [6.45, 7) is 0. The standard InChI is InChI=1S/C16H16ClNO/c17-15-10-13(6-7-16(15)19)18-14-8-12(9-14)11-4-2-1-3-5-11/h1-7,10,12,14,18-19H,8-9H2. The van der Waals surface area contributed by atoms with Crippen LogP contribution in [0.5, 0.6) is 5.75 Å². The summed E-state index contributed by atoms with van der Waals surface area (Å²) in [5.74, 6) is 0.786. The van der Waals surface area contributed by atoms with Crippen molar-refractivity contribution in [2.24, 2.45) is 0 Å². The second-order valence-electron chi connectivity index (χ2n) is 5.09. The second kappa shape index (κ2) is 5.14. The molecular weight excluding hydrogens is 258 g/mol. The van der Waals surface area contributed by atoms with E-state index in [2.05, 4.69) is 35.6 Å². The maximum atomic E-state index is 9.38. The number of phenolic OH excluding ortho intramolecular Hbond substituents is 1. The lowest BCUT2D eigenvalue weighted by Gasteiger charge is -2.37. The van der Waals surface area contributed by atoms with Gasteiger partial charge in [-0.05, 0) is 42.5 Å². The molecule has 0 saturated heterocycles. The van der Waals surface area contributed by atoms with Crippen molar-refractivity contribution >= 4 is 17.3 Å². The van der Waals surface area contributed by atoms with Crippen LogP contribution in [0.25, 0.3) is 0 Å². The average molecular weight is 274 g/mol. The molecule has 2 N–H and O–H groups in total. The molecule has 0 amide bonds. The maximum absolute atomic E-state index is 9.38. The van der Waals surface area contributed by atoms with Gasteiger partial charge >= 0.3 is 0 Å². The molecule has 1 fully saturated rings. The van der Waals surface area contributed by atoms with E-state index >= 15 is 0 Å². The molecule has 0 radical (unpaired) electrons. The van der Waals surface area contributed by atoms with Crippen LogP contribution in [0, 0.1) is 0 Å². The second-order valence-corrected chi connectivity index (χ2v) is 5.49. The average Bonchev–Trinajstić information content (AvgIpc) is 2.38. The molecule has 98 valence electrons. The summed E-state index contributed by atoms with van der Waals surface area (Å²) >= 11 is 5.89. The van der Waals surface area contributed by atoms with Crippen LogP contribution in [0.4, 0.5) is 5.69 Å². The molecule has 0 heterocycles. The van der Waals surface area contributed by atoms with E-state index in [1.54, 1.807) is 12.1 Å². The first-order valence-electron chi connectivity index (χ1n) is 6.52. The van der Waals surface area contributed by atoms with Crippen molar-refractivity contribution in [1.29, 1.82) is 0 Å². The number of hydrogen-bond donors (Lipinski definition) is 2. The first-order chi connectivity index (χ1) is 9.22. The molecule has 2 nitrogen and oxygen atoms in total. The Balaban J connectivity index is 1.58. The lowest BCUT2D eigenvalue weighted by atomic mass is 9.76. The highest BCUT2D eigenvalue weighted by Crippen LogP contribution is 2.38. The molecule has 0 aromatic heterocycles. The summed E-state index contributed by atoms with van der Waals surface area (Å²) in [6, 6.07) is 16.4. The molecule has 0 atom stereocenters. The van der Waals surface area contributed by atoms with E-state index in [9.17, 15) is 5.11 Å². The molecule has 1 aliphatic carbocycles. The van der Waals surface area contributed by atoms with Crippen LogP contribution >= 0.6 is 11.6 Å². The number of phenols is 1. The van der Waals surface area contributed by atoms with Crippen LogP contribution in [0.2, 0.25) is 5.02 Å². The van der Waals surface area contributed by atoms with E-state index in [1.165, 1.54) is 5.56 Å². The van der Waals surface area contributed by atoms with Gasteiger partial charge in [-0.15, -0.1) is 0 Å². The first kappa shape index (κ1) is 12.4. The van der Waals surface area contributed by atoms with E-state index in [4.69, 9.17) is 11.6 Å². The van der Waals surface area contributed by atoms with Gasteiger partial charge in [0.2, 0.25) is 0 Å². The molecule has 0 bridgehead atoms. The molecule has 2 aromatic rings. The van der Waals surface area contributed by atoms with Gasteiger partial charge < -0.3 is 10.4 Å². The van der Waals surface area contributed by atoms with Crippen LogP contribution in [0.1, 0.15) is 24.3 Å². The Morgan fingerprint density at radius 1 is 1.05 bits per heavy atom. The summed E-state index contributed by atoms with van der Waals surface area (Å²) in [6.07, 6.45) is 2.28. The Morgan fingerprint density at radius 2 is 1.79 bits per heavy atom. The molecule has 0 aliphatic heterocycles. The topological polar surface area (TPSA) is 32.3 Å². The Labute approximate surface area is 118 Å². The van der Waals surface area contributed by atoms with Gasteiger partial charge in [0.25, 0.3) is 0 Å². The minimum Gasteiger partial charge on any atom is -0.506 e. The Morgan fingerprint density at radius 3 is 2.47 bits per heavy atom. The molecule has 3 rings (SSSR count). The smallest absolute Gasteiger partial charge is 0.134 e. The third-order valence-corrected chi connectivity index (χ3v) is 4.03. The molecule has 3 heteroatoms. The number of halogens is 1. The molecular formula is C16H16ClNO. The summed E-state index contributed by atoms with van der Waals surface area (Å²) in [7, 11) is 0. The van der Waals surface area contributed by atoms with Crippen molar-refractivity contribution in [2.45, 2.75) is 24.8 Å². The van der Waals surface area contributed by atoms with Crippen LogP contribution in [-0.2, 0) is 0 Å². The molecule has 1 aliphatic rings. The fourth-order valence-corrected chi connectivity index (χ4v) is 2.75. The number of hydrogen-bond acceptors (Lipinski definition) is 2. The van der Waals surface area contributed by atoms with Crippen LogP contribution in [0.3, 0.4) is 0 Å². The van der Waals surface area contributed by atoms with E-state index in [-0.39, 0.29) is 5.75 Å². The SMILES string of the molecule is Oc1ccc(NC2CC(c3ccccc3)C2)cc1Cl. The number of benzene rings is 2. The quantitative estimate of drug-likeness (QED) is 0.812. The van der Waals surface area contributed by atoms with Gasteiger partial charge in [-0.1, -0.05) is 41.9 Å². The third kappa shape index (κ3) is 2.69. The van der Waals surface area contributed by atoms with Crippen molar-refractivity contribution in [2.75, 3.05) is 5.32 Å². The summed E-state index contributed by atoms with van der Waals surface area (Å²) in [4.78, 5) is 0. The highest BCUT2D eigenvalue weighted by Gasteiger charge is 2.29. The Kier molecular flexibility index (Phi) is 3.34. The summed E-state index contributed by atoms with van der Waals surface area (Å²) in [5, 5.41) is 13.2. The highest BCUT2D eigenvalue weighted by molar-refractivity contribution is 6.32. The number of rotatable bonds is 3. The van der Waals surface area contributed by atoms with Crippen molar-refractivity contribution < 1.29 is 5.11 Å². The van der Waals surface area contributed by atoms with Gasteiger partial charge in [-0.2, -0.15) is 0 Å². The van der Waals surface area contributed by atoms with E-state index in [0.29, 0.717) is 17.0 Å². The normalized spacial score (nSPS) is 21.7. The fourth-order valence-electron chi connectivity index (χ4n) is 2.57. The minimum absolute atomic E-state index is 0.128. The molecule has 2 aromatic carbocycles.